The second kappa shape index (κ2) is 7.78. The minimum absolute atomic E-state index is 0.151. The molecule has 0 fully saturated rings. The van der Waals surface area contributed by atoms with Gasteiger partial charge in [-0.1, -0.05) is 30.9 Å². The fraction of sp³-hybridized carbons (Fsp3) is 0.240. The molecule has 0 saturated carbocycles. The number of thiophene rings is 1. The van der Waals surface area contributed by atoms with Gasteiger partial charge < -0.3 is 21.3 Å². The van der Waals surface area contributed by atoms with Crippen LogP contribution in [-0.2, 0) is 0 Å². The number of nitrogens with one attached hydrogen (secondary N) is 1. The molecule has 0 bridgehead atoms. The van der Waals surface area contributed by atoms with Gasteiger partial charge in [-0.3, -0.25) is 5.41 Å². The zero-order valence-electron chi connectivity index (χ0n) is 17.5. The maximum Gasteiger partial charge on any atom is 0.188 e. The van der Waals surface area contributed by atoms with Crippen molar-refractivity contribution in [1.29, 1.82) is 5.41 Å². The third-order valence-corrected chi connectivity index (χ3v) is 7.53. The molecule has 0 unspecified atom stereocenters. The quantitative estimate of drug-likeness (QED) is 0.421. The molecule has 1 aromatic heterocycles. The van der Waals surface area contributed by atoms with Crippen molar-refractivity contribution < 1.29 is 0 Å². The standard InChI is InChI=1S/C25H27N5S/c1-16(26)29-10-6-17(7-11-29)19-2-4-23-21(14-19)22-15-20(3-5-24(22)31-23)18-8-12-30(13-9-18)25(27)28/h2-6,8,14-15H,1,7,9-13,26H2,(H3,27,28). The minimum atomic E-state index is 0.151. The van der Waals surface area contributed by atoms with Crippen molar-refractivity contribution in [3.05, 3.63) is 72.1 Å². The summed E-state index contributed by atoms with van der Waals surface area (Å²) in [6.07, 6.45) is 6.37. The second-order valence-corrected chi connectivity index (χ2v) is 9.34. The van der Waals surface area contributed by atoms with Gasteiger partial charge in [-0.25, -0.2) is 0 Å². The Kier molecular flexibility index (Phi) is 4.94. The summed E-state index contributed by atoms with van der Waals surface area (Å²) in [7, 11) is 0. The fourth-order valence-electron chi connectivity index (χ4n) is 4.52. The number of hydrogen-bond acceptors (Lipinski definition) is 4. The van der Waals surface area contributed by atoms with Crippen LogP contribution < -0.4 is 11.5 Å². The molecule has 0 amide bonds. The Balaban J connectivity index is 1.50. The first-order valence-electron chi connectivity index (χ1n) is 10.6. The molecule has 0 atom stereocenters. The Hall–Kier alpha value is -3.25. The Morgan fingerprint density at radius 2 is 1.35 bits per heavy atom. The lowest BCUT2D eigenvalue weighted by molar-refractivity contribution is 0.376. The van der Waals surface area contributed by atoms with Gasteiger partial charge in [0.1, 0.15) is 0 Å². The molecule has 3 heterocycles. The molecule has 0 radical (unpaired) electrons. The predicted molar refractivity (Wildman–Crippen MR) is 133 cm³/mol. The third kappa shape index (κ3) is 3.68. The van der Waals surface area contributed by atoms with Crippen LogP contribution in [-0.4, -0.2) is 41.9 Å². The molecular formula is C25H27N5S. The topological polar surface area (TPSA) is 82.4 Å². The molecule has 2 aromatic carbocycles. The average Bonchev–Trinajstić information content (AvgIpc) is 3.16. The molecule has 0 saturated heterocycles. The highest BCUT2D eigenvalue weighted by Gasteiger charge is 2.16. The van der Waals surface area contributed by atoms with Crippen LogP contribution in [0.4, 0.5) is 0 Å². The van der Waals surface area contributed by atoms with Crippen LogP contribution in [0.1, 0.15) is 24.0 Å². The number of nitrogens with zero attached hydrogens (tertiary/aromatic N) is 2. The van der Waals surface area contributed by atoms with Crippen molar-refractivity contribution in [2.75, 3.05) is 26.2 Å². The van der Waals surface area contributed by atoms with Crippen LogP contribution in [0.2, 0.25) is 0 Å². The van der Waals surface area contributed by atoms with Gasteiger partial charge in [0.15, 0.2) is 5.96 Å². The van der Waals surface area contributed by atoms with Gasteiger partial charge >= 0.3 is 0 Å². The summed E-state index contributed by atoms with van der Waals surface area (Å²) in [4.78, 5) is 4.01. The van der Waals surface area contributed by atoms with Crippen LogP contribution in [0.15, 0.2) is 61.0 Å². The smallest absolute Gasteiger partial charge is 0.188 e. The normalized spacial score (nSPS) is 17.0. The van der Waals surface area contributed by atoms with Crippen molar-refractivity contribution in [3.8, 4) is 0 Å². The molecule has 0 spiro atoms. The van der Waals surface area contributed by atoms with Gasteiger partial charge in [0.25, 0.3) is 0 Å². The molecule has 2 aliphatic heterocycles. The maximum absolute atomic E-state index is 7.63. The Morgan fingerprint density at radius 1 is 0.839 bits per heavy atom. The summed E-state index contributed by atoms with van der Waals surface area (Å²) in [5, 5.41) is 10.3. The molecule has 31 heavy (non-hydrogen) atoms. The fourth-order valence-corrected chi connectivity index (χ4v) is 5.59. The van der Waals surface area contributed by atoms with E-state index in [2.05, 4.69) is 60.0 Å². The summed E-state index contributed by atoms with van der Waals surface area (Å²) < 4.78 is 2.64. The molecular weight excluding hydrogens is 402 g/mol. The number of benzene rings is 2. The largest absolute Gasteiger partial charge is 0.386 e. The van der Waals surface area contributed by atoms with E-state index < -0.39 is 0 Å². The lowest BCUT2D eigenvalue weighted by atomic mass is 9.96. The monoisotopic (exact) mass is 429 g/mol. The molecule has 2 aliphatic rings. The number of nitrogens with two attached hydrogens (primary N) is 2. The van der Waals surface area contributed by atoms with E-state index in [1.165, 1.54) is 42.4 Å². The van der Waals surface area contributed by atoms with Gasteiger partial charge in [0.2, 0.25) is 0 Å². The summed E-state index contributed by atoms with van der Waals surface area (Å²) >= 11 is 1.85. The molecule has 6 heteroatoms. The lowest BCUT2D eigenvalue weighted by Gasteiger charge is -2.28. The van der Waals surface area contributed by atoms with Crippen LogP contribution in [0.5, 0.6) is 0 Å². The van der Waals surface area contributed by atoms with E-state index in [9.17, 15) is 0 Å². The molecule has 5 rings (SSSR count). The van der Waals surface area contributed by atoms with Crippen LogP contribution in [0.25, 0.3) is 31.3 Å². The van der Waals surface area contributed by atoms with Gasteiger partial charge in [0, 0.05) is 46.4 Å². The van der Waals surface area contributed by atoms with E-state index in [0.29, 0.717) is 12.4 Å². The van der Waals surface area contributed by atoms with Crippen LogP contribution in [0, 0.1) is 5.41 Å². The van der Waals surface area contributed by atoms with Gasteiger partial charge in [-0.15, -0.1) is 11.3 Å². The first-order valence-corrected chi connectivity index (χ1v) is 11.4. The van der Waals surface area contributed by atoms with E-state index in [1.54, 1.807) is 0 Å². The van der Waals surface area contributed by atoms with E-state index >= 15 is 0 Å². The molecule has 3 aromatic rings. The van der Waals surface area contributed by atoms with Crippen molar-refractivity contribution in [2.24, 2.45) is 11.5 Å². The lowest BCUT2D eigenvalue weighted by Crippen LogP contribution is -2.39. The minimum Gasteiger partial charge on any atom is -0.386 e. The van der Waals surface area contributed by atoms with E-state index in [0.717, 1.165) is 32.5 Å². The summed E-state index contributed by atoms with van der Waals surface area (Å²) in [5.74, 6) is 0.795. The molecule has 158 valence electrons. The third-order valence-electron chi connectivity index (χ3n) is 6.38. The van der Waals surface area contributed by atoms with Gasteiger partial charge in [-0.2, -0.15) is 0 Å². The predicted octanol–water partition coefficient (Wildman–Crippen LogP) is 4.56. The molecule has 0 aliphatic carbocycles. The maximum atomic E-state index is 7.63. The zero-order chi connectivity index (χ0) is 21.5. The van der Waals surface area contributed by atoms with Gasteiger partial charge in [0.05, 0.1) is 5.82 Å². The summed E-state index contributed by atoms with van der Waals surface area (Å²) in [6, 6.07) is 13.7. The number of rotatable bonds is 3. The van der Waals surface area contributed by atoms with E-state index in [4.69, 9.17) is 16.9 Å². The molecule has 5 N–H and O–H groups in total. The number of guanidine groups is 1. The van der Waals surface area contributed by atoms with Gasteiger partial charge in [-0.05, 0) is 59.4 Å². The number of fused-ring (bicyclic) bond motifs is 3. The highest BCUT2D eigenvalue weighted by Crippen LogP contribution is 2.38. The van der Waals surface area contributed by atoms with Crippen molar-refractivity contribution in [3.63, 3.8) is 0 Å². The summed E-state index contributed by atoms with van der Waals surface area (Å²) in [5.41, 5.74) is 16.8. The first kappa shape index (κ1) is 19.7. The first-order chi connectivity index (χ1) is 15.0. The van der Waals surface area contributed by atoms with Crippen molar-refractivity contribution >= 4 is 48.6 Å². The van der Waals surface area contributed by atoms with E-state index in [-0.39, 0.29) is 5.96 Å². The number of hydrogen-bond donors (Lipinski definition) is 3. The highest BCUT2D eigenvalue weighted by atomic mass is 32.1. The van der Waals surface area contributed by atoms with E-state index in [1.807, 2.05) is 16.2 Å². The second-order valence-electron chi connectivity index (χ2n) is 8.25. The Labute approximate surface area is 186 Å². The Bertz CT molecular complexity index is 1170. The Morgan fingerprint density at radius 3 is 1.77 bits per heavy atom. The zero-order valence-corrected chi connectivity index (χ0v) is 18.3. The SMILES string of the molecule is C=C(N)N1CC=C(c2ccc3sc4ccc(C5=CCN(C(=N)N)CC5)cc4c3c2)CC1. The van der Waals surface area contributed by atoms with Crippen LogP contribution >= 0.6 is 11.3 Å². The van der Waals surface area contributed by atoms with Crippen LogP contribution in [0.3, 0.4) is 0 Å². The van der Waals surface area contributed by atoms with Crippen molar-refractivity contribution in [1.82, 2.24) is 9.80 Å². The molecule has 5 nitrogen and oxygen atoms in total. The average molecular weight is 430 g/mol. The van der Waals surface area contributed by atoms with Crippen molar-refractivity contribution in [2.45, 2.75) is 12.8 Å². The summed E-state index contributed by atoms with van der Waals surface area (Å²) in [6.45, 7) is 7.10. The highest BCUT2D eigenvalue weighted by molar-refractivity contribution is 7.25.